The van der Waals surface area contributed by atoms with Gasteiger partial charge in [0.05, 0.1) is 30.7 Å². The first-order valence-electron chi connectivity index (χ1n) is 8.17. The van der Waals surface area contributed by atoms with Gasteiger partial charge >= 0.3 is 0 Å². The smallest absolute Gasteiger partial charge is 0.245 e. The highest BCUT2D eigenvalue weighted by Gasteiger charge is 2.35. The van der Waals surface area contributed by atoms with Gasteiger partial charge in [0.2, 0.25) is 5.95 Å². The van der Waals surface area contributed by atoms with Gasteiger partial charge in [-0.25, -0.2) is 9.67 Å². The van der Waals surface area contributed by atoms with Crippen LogP contribution >= 0.6 is 0 Å². The van der Waals surface area contributed by atoms with E-state index in [1.807, 2.05) is 4.90 Å². The van der Waals surface area contributed by atoms with Gasteiger partial charge < -0.3 is 10.0 Å². The maximum atomic E-state index is 10.9. The minimum absolute atomic E-state index is 0.421. The summed E-state index contributed by atoms with van der Waals surface area (Å²) >= 11 is 0. The molecule has 1 aliphatic heterocycles. The van der Waals surface area contributed by atoms with Crippen LogP contribution in [0.15, 0.2) is 12.4 Å². The Morgan fingerprint density at radius 2 is 2.04 bits per heavy atom. The number of hydrogen-bond donors (Lipinski definition) is 1. The molecule has 1 fully saturated rings. The van der Waals surface area contributed by atoms with Crippen LogP contribution in [0.4, 0.5) is 5.95 Å². The van der Waals surface area contributed by atoms with Gasteiger partial charge in [-0.05, 0) is 25.7 Å². The lowest BCUT2D eigenvalue weighted by molar-refractivity contribution is 0.00560. The van der Waals surface area contributed by atoms with Crippen LogP contribution in [0.25, 0.3) is 0 Å². The summed E-state index contributed by atoms with van der Waals surface area (Å²) < 4.78 is 1.67. The van der Waals surface area contributed by atoms with Crippen molar-refractivity contribution in [1.29, 1.82) is 0 Å². The Labute approximate surface area is 135 Å². The highest BCUT2D eigenvalue weighted by atomic mass is 16.3. The number of aryl methyl sites for hydroxylation is 2. The Morgan fingerprint density at radius 1 is 1.22 bits per heavy atom. The van der Waals surface area contributed by atoms with E-state index in [0.717, 1.165) is 43.6 Å². The number of anilines is 1. The third-order valence-electron chi connectivity index (χ3n) is 4.26. The first-order chi connectivity index (χ1) is 11.1. The molecule has 1 atom stereocenters. The van der Waals surface area contributed by atoms with Crippen molar-refractivity contribution in [2.75, 3.05) is 18.0 Å². The molecule has 23 heavy (non-hydrogen) atoms. The maximum absolute atomic E-state index is 10.9. The molecule has 1 aliphatic rings. The van der Waals surface area contributed by atoms with E-state index in [1.54, 1.807) is 17.1 Å². The van der Waals surface area contributed by atoms with E-state index in [2.05, 4.69) is 39.3 Å². The molecular formula is C15H23N7O. The zero-order chi connectivity index (χ0) is 16.3. The Bertz CT molecular complexity index is 645. The zero-order valence-corrected chi connectivity index (χ0v) is 13.7. The number of aliphatic hydroxyl groups is 1. The summed E-state index contributed by atoms with van der Waals surface area (Å²) in [5, 5.41) is 27.2. The van der Waals surface area contributed by atoms with Crippen molar-refractivity contribution in [2.24, 2.45) is 0 Å². The highest BCUT2D eigenvalue weighted by molar-refractivity contribution is 5.32. The number of aromatic nitrogens is 6. The normalized spacial score (nSPS) is 21.6. The molecule has 1 unspecified atom stereocenters. The molecule has 0 saturated carbocycles. The van der Waals surface area contributed by atoms with Crippen LogP contribution in [-0.2, 0) is 19.4 Å². The highest BCUT2D eigenvalue weighted by Crippen LogP contribution is 2.25. The summed E-state index contributed by atoms with van der Waals surface area (Å²) in [5.41, 5.74) is 1.08. The predicted octanol–water partition coefficient (Wildman–Crippen LogP) is 0.619. The van der Waals surface area contributed by atoms with Gasteiger partial charge in [-0.2, -0.15) is 5.10 Å². The lowest BCUT2D eigenvalue weighted by atomic mass is 9.93. The van der Waals surface area contributed by atoms with Gasteiger partial charge in [0, 0.05) is 12.7 Å². The predicted molar refractivity (Wildman–Crippen MR) is 85.0 cm³/mol. The van der Waals surface area contributed by atoms with Crippen molar-refractivity contribution in [3.8, 4) is 0 Å². The fraction of sp³-hybridized carbons (Fsp3) is 0.667. The van der Waals surface area contributed by atoms with Gasteiger partial charge in [-0.1, -0.05) is 19.1 Å². The third kappa shape index (κ3) is 3.47. The second-order valence-corrected chi connectivity index (χ2v) is 6.06. The number of β-amino-alcohol motifs (C(OH)–C–C–N with tert-alkyl or cyclic N) is 1. The molecular weight excluding hydrogens is 294 g/mol. The molecule has 1 N–H and O–H groups in total. The van der Waals surface area contributed by atoms with Gasteiger partial charge in [-0.3, -0.25) is 0 Å². The lowest BCUT2D eigenvalue weighted by Crippen LogP contribution is -2.51. The summed E-state index contributed by atoms with van der Waals surface area (Å²) in [6, 6.07) is 0. The fourth-order valence-corrected chi connectivity index (χ4v) is 3.09. The first-order valence-corrected chi connectivity index (χ1v) is 8.17. The zero-order valence-electron chi connectivity index (χ0n) is 13.7. The minimum atomic E-state index is -0.856. The van der Waals surface area contributed by atoms with E-state index in [9.17, 15) is 5.11 Å². The van der Waals surface area contributed by atoms with E-state index in [0.29, 0.717) is 19.0 Å². The topological polar surface area (TPSA) is 92.8 Å². The van der Waals surface area contributed by atoms with E-state index in [1.165, 1.54) is 0 Å². The third-order valence-corrected chi connectivity index (χ3v) is 4.26. The van der Waals surface area contributed by atoms with Crippen LogP contribution in [0.5, 0.6) is 0 Å². The second kappa shape index (κ2) is 6.57. The van der Waals surface area contributed by atoms with Crippen molar-refractivity contribution < 1.29 is 5.11 Å². The summed E-state index contributed by atoms with van der Waals surface area (Å²) in [6.45, 7) is 5.86. The second-order valence-electron chi connectivity index (χ2n) is 6.06. The van der Waals surface area contributed by atoms with Crippen molar-refractivity contribution in [1.82, 2.24) is 30.2 Å². The average Bonchev–Trinajstić information content (AvgIpc) is 3.06. The number of hydrogen-bond acceptors (Lipinski definition) is 7. The van der Waals surface area contributed by atoms with Crippen molar-refractivity contribution in [2.45, 2.75) is 51.7 Å². The number of nitrogens with zero attached hydrogens (tertiary/aromatic N) is 7. The van der Waals surface area contributed by atoms with Crippen molar-refractivity contribution in [3.63, 3.8) is 0 Å². The molecule has 0 aliphatic carbocycles. The van der Waals surface area contributed by atoms with Crippen LogP contribution in [0.2, 0.25) is 0 Å². The maximum Gasteiger partial charge on any atom is 0.245 e. The molecule has 8 nitrogen and oxygen atoms in total. The van der Waals surface area contributed by atoms with E-state index in [-0.39, 0.29) is 0 Å². The fourth-order valence-electron chi connectivity index (χ4n) is 3.09. The SMILES string of the molecule is CCc1nnc(N2CCCC(O)(Cn3ccnn3)C2)nc1CC. The number of rotatable bonds is 5. The Balaban J connectivity index is 1.78. The average molecular weight is 317 g/mol. The monoisotopic (exact) mass is 317 g/mol. The molecule has 0 aromatic carbocycles. The van der Waals surface area contributed by atoms with Crippen LogP contribution in [0.1, 0.15) is 38.1 Å². The van der Waals surface area contributed by atoms with E-state index >= 15 is 0 Å². The molecule has 124 valence electrons. The van der Waals surface area contributed by atoms with Crippen LogP contribution in [0, 0.1) is 0 Å². The van der Waals surface area contributed by atoms with Gasteiger partial charge in [-0.15, -0.1) is 10.2 Å². The van der Waals surface area contributed by atoms with Crippen LogP contribution < -0.4 is 4.90 Å². The van der Waals surface area contributed by atoms with Gasteiger partial charge in [0.15, 0.2) is 0 Å². The Morgan fingerprint density at radius 3 is 2.74 bits per heavy atom. The summed E-state index contributed by atoms with van der Waals surface area (Å²) in [7, 11) is 0. The molecule has 3 heterocycles. The summed E-state index contributed by atoms with van der Waals surface area (Å²) in [4.78, 5) is 6.67. The molecule has 8 heteroatoms. The molecule has 0 radical (unpaired) electrons. The lowest BCUT2D eigenvalue weighted by Gasteiger charge is -2.38. The molecule has 0 amide bonds. The standard InChI is InChI=1S/C15H23N7O/c1-3-12-13(4-2)18-19-14(17-12)21-8-5-6-15(23,10-21)11-22-9-7-16-20-22/h7,9,23H,3-6,8,10-11H2,1-2H3. The van der Waals surface area contributed by atoms with Crippen molar-refractivity contribution >= 4 is 5.95 Å². The minimum Gasteiger partial charge on any atom is -0.386 e. The van der Waals surface area contributed by atoms with Gasteiger partial charge in [0.1, 0.15) is 5.60 Å². The van der Waals surface area contributed by atoms with Crippen molar-refractivity contribution in [3.05, 3.63) is 23.8 Å². The van der Waals surface area contributed by atoms with Crippen LogP contribution in [-0.4, -0.2) is 54.0 Å². The molecule has 1 saturated heterocycles. The Hall–Kier alpha value is -2.09. The summed E-state index contributed by atoms with van der Waals surface area (Å²) in [6.07, 6.45) is 6.66. The van der Waals surface area contributed by atoms with E-state index in [4.69, 9.17) is 0 Å². The van der Waals surface area contributed by atoms with E-state index < -0.39 is 5.60 Å². The molecule has 2 aromatic heterocycles. The Kier molecular flexibility index (Phi) is 4.51. The summed E-state index contributed by atoms with van der Waals surface area (Å²) in [5.74, 6) is 0.607. The molecule has 0 spiro atoms. The molecule has 2 aromatic rings. The molecule has 3 rings (SSSR count). The molecule has 0 bridgehead atoms. The number of piperidine rings is 1. The van der Waals surface area contributed by atoms with Gasteiger partial charge in [0.25, 0.3) is 0 Å². The largest absolute Gasteiger partial charge is 0.386 e. The van der Waals surface area contributed by atoms with Crippen LogP contribution in [0.3, 0.4) is 0 Å². The quantitative estimate of drug-likeness (QED) is 0.864. The first kappa shape index (κ1) is 15.8.